The second kappa shape index (κ2) is 9.41. The van der Waals surface area contributed by atoms with Crippen molar-refractivity contribution in [1.82, 2.24) is 4.98 Å². The van der Waals surface area contributed by atoms with E-state index in [0.717, 1.165) is 6.07 Å². The highest BCUT2D eigenvalue weighted by Gasteiger charge is 2.56. The van der Waals surface area contributed by atoms with Crippen LogP contribution in [0.1, 0.15) is 41.6 Å². The van der Waals surface area contributed by atoms with E-state index in [-0.39, 0.29) is 45.8 Å². The number of aromatic nitrogens is 1. The Hall–Kier alpha value is -2.95. The van der Waals surface area contributed by atoms with E-state index in [0.29, 0.717) is 30.5 Å². The Balaban J connectivity index is 1.41. The van der Waals surface area contributed by atoms with E-state index in [2.05, 4.69) is 10.3 Å². The highest BCUT2D eigenvalue weighted by molar-refractivity contribution is 7.92. The summed E-state index contributed by atoms with van der Waals surface area (Å²) in [5.74, 6) is -6.06. The van der Waals surface area contributed by atoms with Crippen LogP contribution in [0.4, 0.5) is 18.9 Å². The first-order valence-electron chi connectivity index (χ1n) is 11.6. The minimum Gasteiger partial charge on any atom is -0.385 e. The Kier molecular flexibility index (Phi) is 6.54. The van der Waals surface area contributed by atoms with Gasteiger partial charge in [0.15, 0.2) is 27.3 Å². The number of aliphatic hydroxyl groups is 1. The second-order valence-corrected chi connectivity index (χ2v) is 12.1. The van der Waals surface area contributed by atoms with E-state index in [4.69, 9.17) is 11.6 Å². The maximum atomic E-state index is 13.7. The monoisotopic (exact) mass is 550 g/mol. The minimum atomic E-state index is -4.01. The van der Waals surface area contributed by atoms with Gasteiger partial charge in [-0.15, -0.1) is 0 Å². The number of sulfone groups is 1. The number of rotatable bonds is 5. The zero-order valence-corrected chi connectivity index (χ0v) is 20.9. The SMILES string of the molecule is O=C(Nc1cc(F)c(F)c(F)c1)c1ccc(Cl)c(S(=O)(=O)[C@H]2CC3CCC(C2)[C@]3(O)c2cccnc2)c1. The molecule has 2 unspecified atom stereocenters. The summed E-state index contributed by atoms with van der Waals surface area (Å²) in [6, 6.07) is 8.42. The van der Waals surface area contributed by atoms with E-state index in [1.165, 1.54) is 12.1 Å². The van der Waals surface area contributed by atoms with Crippen molar-refractivity contribution < 1.29 is 31.5 Å². The average molecular weight is 551 g/mol. The molecule has 5 rings (SSSR count). The molecule has 2 aliphatic carbocycles. The van der Waals surface area contributed by atoms with Crippen molar-refractivity contribution in [3.63, 3.8) is 0 Å². The first-order valence-corrected chi connectivity index (χ1v) is 13.6. The van der Waals surface area contributed by atoms with Crippen molar-refractivity contribution in [3.05, 3.63) is 88.5 Å². The van der Waals surface area contributed by atoms with Gasteiger partial charge < -0.3 is 10.4 Å². The van der Waals surface area contributed by atoms with E-state index in [1.54, 1.807) is 24.5 Å². The molecular weight excluding hydrogens is 529 g/mol. The molecule has 11 heteroatoms. The van der Waals surface area contributed by atoms with Crippen LogP contribution in [0.15, 0.2) is 59.8 Å². The van der Waals surface area contributed by atoms with Gasteiger partial charge >= 0.3 is 0 Å². The number of carbonyl (C=O) groups excluding carboxylic acids is 1. The van der Waals surface area contributed by atoms with Crippen LogP contribution in [0, 0.1) is 29.3 Å². The molecule has 0 aliphatic heterocycles. The molecule has 2 fully saturated rings. The van der Waals surface area contributed by atoms with Crippen LogP contribution < -0.4 is 5.32 Å². The maximum absolute atomic E-state index is 13.7. The van der Waals surface area contributed by atoms with Crippen LogP contribution in [0.5, 0.6) is 0 Å². The summed E-state index contributed by atoms with van der Waals surface area (Å²) >= 11 is 6.25. The van der Waals surface area contributed by atoms with Crippen LogP contribution in [0.2, 0.25) is 5.02 Å². The Morgan fingerprint density at radius 2 is 1.70 bits per heavy atom. The number of anilines is 1. The molecule has 6 nitrogen and oxygen atoms in total. The summed E-state index contributed by atoms with van der Waals surface area (Å²) in [7, 11) is -4.01. The summed E-state index contributed by atoms with van der Waals surface area (Å²) in [5.41, 5.74) is -0.937. The van der Waals surface area contributed by atoms with Crippen LogP contribution in [-0.4, -0.2) is 29.7 Å². The molecule has 0 radical (unpaired) electrons. The predicted molar refractivity (Wildman–Crippen MR) is 130 cm³/mol. The predicted octanol–water partition coefficient (Wildman–Crippen LogP) is 5.25. The summed E-state index contributed by atoms with van der Waals surface area (Å²) in [4.78, 5) is 16.6. The fourth-order valence-electron chi connectivity index (χ4n) is 5.70. The number of benzene rings is 2. The third-order valence-electron chi connectivity index (χ3n) is 7.51. The molecule has 2 aromatic carbocycles. The number of nitrogens with zero attached hydrogens (tertiary/aromatic N) is 1. The molecule has 2 bridgehead atoms. The zero-order valence-electron chi connectivity index (χ0n) is 19.3. The van der Waals surface area contributed by atoms with E-state index < -0.39 is 44.0 Å². The lowest BCUT2D eigenvalue weighted by Gasteiger charge is -2.42. The molecule has 1 heterocycles. The molecule has 2 atom stereocenters. The number of hydrogen-bond acceptors (Lipinski definition) is 5. The van der Waals surface area contributed by atoms with Crippen molar-refractivity contribution in [2.75, 3.05) is 5.32 Å². The average Bonchev–Trinajstić information content (AvgIpc) is 3.04. The minimum absolute atomic E-state index is 0.0733. The van der Waals surface area contributed by atoms with Crippen molar-refractivity contribution in [1.29, 1.82) is 0 Å². The van der Waals surface area contributed by atoms with Gasteiger partial charge in [0, 0.05) is 41.3 Å². The molecule has 2 N–H and O–H groups in total. The number of pyridine rings is 1. The van der Waals surface area contributed by atoms with E-state index >= 15 is 0 Å². The standard InChI is InChI=1S/C26H22ClF3N2O4S/c27-20-6-3-14(25(33)32-18-11-21(28)24(30)22(29)12-18)8-23(20)37(35,36)19-9-15-4-5-16(10-19)26(15,34)17-2-1-7-31-13-17/h1-3,6-8,11-13,15-16,19,34H,4-5,9-10H2,(H,32,33)/t15?,16?,19-,26-. The Bertz CT molecular complexity index is 1450. The normalized spacial score (nSPS) is 25.2. The van der Waals surface area contributed by atoms with Crippen LogP contribution in [0.25, 0.3) is 0 Å². The molecule has 1 amide bonds. The number of amides is 1. The van der Waals surface area contributed by atoms with Gasteiger partial charge in [-0.25, -0.2) is 21.6 Å². The van der Waals surface area contributed by atoms with E-state index in [1.807, 2.05) is 0 Å². The number of nitrogens with one attached hydrogen (secondary N) is 1. The summed E-state index contributed by atoms with van der Waals surface area (Å²) in [6.45, 7) is 0. The maximum Gasteiger partial charge on any atom is 0.255 e. The fourth-order valence-corrected chi connectivity index (χ4v) is 8.10. The molecule has 1 aromatic heterocycles. The highest BCUT2D eigenvalue weighted by atomic mass is 35.5. The molecule has 37 heavy (non-hydrogen) atoms. The van der Waals surface area contributed by atoms with Crippen molar-refractivity contribution >= 4 is 33.0 Å². The first-order chi connectivity index (χ1) is 17.5. The van der Waals surface area contributed by atoms with Gasteiger partial charge in [-0.2, -0.15) is 0 Å². The van der Waals surface area contributed by atoms with Gasteiger partial charge in [-0.3, -0.25) is 9.78 Å². The topological polar surface area (TPSA) is 96.4 Å². The summed E-state index contributed by atoms with van der Waals surface area (Å²) in [6.07, 6.45) is 4.99. The van der Waals surface area contributed by atoms with Crippen LogP contribution >= 0.6 is 11.6 Å². The number of fused-ring (bicyclic) bond motifs is 2. The molecule has 0 saturated heterocycles. The lowest BCUT2D eigenvalue weighted by atomic mass is 9.71. The molecule has 3 aromatic rings. The number of halogens is 4. The van der Waals surface area contributed by atoms with Crippen molar-refractivity contribution in [3.8, 4) is 0 Å². The Morgan fingerprint density at radius 1 is 1.05 bits per heavy atom. The number of hydrogen-bond donors (Lipinski definition) is 2. The fraction of sp³-hybridized carbons (Fsp3) is 0.308. The molecule has 194 valence electrons. The first kappa shape index (κ1) is 25.7. The number of carbonyl (C=O) groups is 1. The van der Waals surface area contributed by atoms with Crippen molar-refractivity contribution in [2.45, 2.75) is 41.4 Å². The zero-order chi connectivity index (χ0) is 26.5. The largest absolute Gasteiger partial charge is 0.385 e. The highest BCUT2D eigenvalue weighted by Crippen LogP contribution is 2.56. The Labute approximate surface area is 216 Å². The van der Waals surface area contributed by atoms with Gasteiger partial charge in [0.25, 0.3) is 5.91 Å². The van der Waals surface area contributed by atoms with Crippen LogP contribution in [0.3, 0.4) is 0 Å². The second-order valence-electron chi connectivity index (χ2n) is 9.53. The van der Waals surface area contributed by atoms with E-state index in [9.17, 15) is 31.5 Å². The summed E-state index contributed by atoms with van der Waals surface area (Å²) < 4.78 is 67.6. The molecular formula is C26H22ClF3N2O4S. The lowest BCUT2D eigenvalue weighted by molar-refractivity contribution is -0.0649. The van der Waals surface area contributed by atoms with Gasteiger partial charge in [-0.05, 0) is 61.8 Å². The lowest BCUT2D eigenvalue weighted by Crippen LogP contribution is -2.46. The molecule has 2 aliphatic rings. The van der Waals surface area contributed by atoms with Crippen molar-refractivity contribution in [2.24, 2.45) is 11.8 Å². The molecule has 0 spiro atoms. The quantitative estimate of drug-likeness (QED) is 0.423. The van der Waals surface area contributed by atoms with Gasteiger partial charge in [0.05, 0.1) is 20.8 Å². The van der Waals surface area contributed by atoms with Gasteiger partial charge in [-0.1, -0.05) is 17.7 Å². The Morgan fingerprint density at radius 3 is 2.30 bits per heavy atom. The summed E-state index contributed by atoms with van der Waals surface area (Å²) in [5, 5.41) is 12.9. The third-order valence-corrected chi connectivity index (χ3v) is 10.2. The molecule has 2 saturated carbocycles. The third kappa shape index (κ3) is 4.41. The van der Waals surface area contributed by atoms with Gasteiger partial charge in [0.1, 0.15) is 0 Å². The smallest absolute Gasteiger partial charge is 0.255 e. The van der Waals surface area contributed by atoms with Gasteiger partial charge in [0.2, 0.25) is 0 Å². The van der Waals surface area contributed by atoms with Crippen LogP contribution in [-0.2, 0) is 15.4 Å².